The van der Waals surface area contributed by atoms with Gasteiger partial charge in [-0.25, -0.2) is 14.2 Å². The van der Waals surface area contributed by atoms with Crippen LogP contribution in [0.25, 0.3) is 11.0 Å². The molecule has 1 amide bonds. The van der Waals surface area contributed by atoms with E-state index in [2.05, 4.69) is 9.97 Å². The molecule has 30 heavy (non-hydrogen) atoms. The van der Waals surface area contributed by atoms with Crippen LogP contribution in [0.5, 0.6) is 0 Å². The number of amides is 1. The second-order valence-corrected chi connectivity index (χ2v) is 7.98. The number of rotatable bonds is 4. The number of alkyl halides is 3. The average molecular weight is 423 g/mol. The Hall–Kier alpha value is -3.10. The predicted molar refractivity (Wildman–Crippen MR) is 103 cm³/mol. The van der Waals surface area contributed by atoms with Gasteiger partial charge >= 0.3 is 12.3 Å². The van der Waals surface area contributed by atoms with Crippen LogP contribution in [0.3, 0.4) is 0 Å². The van der Waals surface area contributed by atoms with Crippen LogP contribution in [0.1, 0.15) is 49.4 Å². The van der Waals surface area contributed by atoms with E-state index in [9.17, 15) is 18.0 Å². The van der Waals surface area contributed by atoms with Gasteiger partial charge < -0.3 is 15.5 Å². The molecule has 1 aromatic heterocycles. The molecule has 1 atom stereocenters. The number of H-pyrrole nitrogens is 1. The summed E-state index contributed by atoms with van der Waals surface area (Å²) in [4.78, 5) is 18.7. The van der Waals surface area contributed by atoms with E-state index in [1.54, 1.807) is 24.3 Å². The molecule has 0 spiro atoms. The molecule has 2 aromatic carbocycles. The first-order valence-corrected chi connectivity index (χ1v) is 9.17. The minimum Gasteiger partial charge on any atom is -0.438 e. The smallest absolute Gasteiger partial charge is 0.416 e. The highest BCUT2D eigenvalue weighted by Gasteiger charge is 2.39. The Bertz CT molecular complexity index is 1050. The Morgan fingerprint density at radius 2 is 1.83 bits per heavy atom. The number of imidazole rings is 1. The summed E-state index contributed by atoms with van der Waals surface area (Å²) in [6.07, 6.45) is -7.16. The molecule has 0 bridgehead atoms. The van der Waals surface area contributed by atoms with E-state index in [1.165, 1.54) is 20.8 Å². The van der Waals surface area contributed by atoms with Gasteiger partial charge in [-0.3, -0.25) is 0 Å². The number of ether oxygens (including phenoxy) is 1. The quantitative estimate of drug-likeness (QED) is 0.552. The first-order valence-electron chi connectivity index (χ1n) is 9.17. The normalized spacial score (nSPS) is 13.4. The van der Waals surface area contributed by atoms with Crippen LogP contribution < -0.4 is 5.73 Å². The van der Waals surface area contributed by atoms with Gasteiger partial charge in [-0.15, -0.1) is 0 Å². The zero-order valence-electron chi connectivity index (χ0n) is 16.6. The summed E-state index contributed by atoms with van der Waals surface area (Å²) < 4.78 is 60.7. The topological polar surface area (TPSA) is 81.0 Å². The summed E-state index contributed by atoms with van der Waals surface area (Å²) in [5.74, 6) is -0.780. The van der Waals surface area contributed by atoms with E-state index in [-0.39, 0.29) is 17.8 Å². The van der Waals surface area contributed by atoms with E-state index >= 15 is 4.39 Å². The number of carbonyl (C=O) groups excluding carboxylic acids is 1. The highest BCUT2D eigenvalue weighted by Crippen LogP contribution is 2.40. The zero-order chi connectivity index (χ0) is 22.3. The minimum absolute atomic E-state index is 0.0420. The molecule has 3 aromatic rings. The molecular formula is C21H21F4N3O2. The summed E-state index contributed by atoms with van der Waals surface area (Å²) >= 11 is 0. The molecule has 160 valence electrons. The van der Waals surface area contributed by atoms with E-state index in [0.29, 0.717) is 11.0 Å². The van der Waals surface area contributed by atoms with Crippen molar-refractivity contribution in [2.45, 2.75) is 44.9 Å². The van der Waals surface area contributed by atoms with Gasteiger partial charge in [-0.05, 0) is 29.2 Å². The van der Waals surface area contributed by atoms with Gasteiger partial charge in [0.15, 0.2) is 6.10 Å². The van der Waals surface area contributed by atoms with Crippen LogP contribution in [-0.2, 0) is 22.7 Å². The Balaban J connectivity index is 2.07. The Morgan fingerprint density at radius 1 is 1.17 bits per heavy atom. The lowest BCUT2D eigenvalue weighted by Gasteiger charge is -2.26. The third-order valence-corrected chi connectivity index (χ3v) is 4.65. The van der Waals surface area contributed by atoms with Crippen LogP contribution >= 0.6 is 0 Å². The number of benzene rings is 2. The summed E-state index contributed by atoms with van der Waals surface area (Å²) in [6.45, 7) is 4.50. The fraction of sp³-hybridized carbons (Fsp3) is 0.333. The van der Waals surface area contributed by atoms with Crippen molar-refractivity contribution in [2.24, 2.45) is 5.73 Å². The minimum atomic E-state index is -4.70. The summed E-state index contributed by atoms with van der Waals surface area (Å²) in [5, 5.41) is 0. The largest absolute Gasteiger partial charge is 0.438 e. The van der Waals surface area contributed by atoms with Crippen molar-refractivity contribution in [3.63, 3.8) is 0 Å². The maximum absolute atomic E-state index is 15.3. The fourth-order valence-corrected chi connectivity index (χ4v) is 3.41. The molecule has 0 fully saturated rings. The summed E-state index contributed by atoms with van der Waals surface area (Å²) in [6, 6.07) is 8.92. The second kappa shape index (κ2) is 7.62. The molecule has 0 aliphatic heterocycles. The lowest BCUT2D eigenvalue weighted by Crippen LogP contribution is -2.24. The van der Waals surface area contributed by atoms with Gasteiger partial charge in [-0.2, -0.15) is 13.2 Å². The van der Waals surface area contributed by atoms with Crippen molar-refractivity contribution in [3.8, 4) is 0 Å². The van der Waals surface area contributed by atoms with Gasteiger partial charge in [0.2, 0.25) is 0 Å². The molecule has 3 N–H and O–H groups in total. The SMILES string of the molecule is CC(C)(C)c1c(C(F)(F)F)ccc(CC(OC(N)=O)c2nc3ccccc3[nH]2)c1F. The Morgan fingerprint density at radius 3 is 2.40 bits per heavy atom. The Kier molecular flexibility index (Phi) is 5.49. The number of nitrogens with one attached hydrogen (secondary N) is 1. The van der Waals surface area contributed by atoms with E-state index in [4.69, 9.17) is 10.5 Å². The molecule has 3 rings (SSSR count). The van der Waals surface area contributed by atoms with Crippen LogP contribution in [0.2, 0.25) is 0 Å². The third-order valence-electron chi connectivity index (χ3n) is 4.65. The molecule has 5 nitrogen and oxygen atoms in total. The molecule has 0 saturated carbocycles. The number of carbonyl (C=O) groups is 1. The third kappa shape index (κ3) is 4.39. The highest BCUT2D eigenvalue weighted by atomic mass is 19.4. The number of primary amides is 1. The van der Waals surface area contributed by atoms with Gasteiger partial charge in [0.1, 0.15) is 11.6 Å². The number of hydrogen-bond acceptors (Lipinski definition) is 3. The maximum Gasteiger partial charge on any atom is 0.416 e. The Labute approximate surface area is 170 Å². The molecule has 1 heterocycles. The fourth-order valence-electron chi connectivity index (χ4n) is 3.41. The van der Waals surface area contributed by atoms with Crippen molar-refractivity contribution in [3.05, 3.63) is 64.7 Å². The van der Waals surface area contributed by atoms with Crippen LogP contribution in [0.4, 0.5) is 22.4 Å². The van der Waals surface area contributed by atoms with Gasteiger partial charge in [0, 0.05) is 12.0 Å². The number of nitrogens with two attached hydrogens (primary N) is 1. The average Bonchev–Trinajstić information content (AvgIpc) is 3.04. The molecule has 0 aliphatic rings. The first-order chi connectivity index (χ1) is 13.9. The number of para-hydroxylation sites is 2. The number of hydrogen-bond donors (Lipinski definition) is 2. The zero-order valence-corrected chi connectivity index (χ0v) is 16.6. The number of aromatic amines is 1. The summed E-state index contributed by atoms with van der Waals surface area (Å²) in [7, 11) is 0. The van der Waals surface area contributed by atoms with Gasteiger partial charge in [-0.1, -0.05) is 39.0 Å². The van der Waals surface area contributed by atoms with Gasteiger partial charge in [0.05, 0.1) is 16.6 Å². The van der Waals surface area contributed by atoms with E-state index in [0.717, 1.165) is 12.1 Å². The first kappa shape index (κ1) is 21.6. The number of nitrogens with zero attached hydrogens (tertiary/aromatic N) is 1. The van der Waals surface area contributed by atoms with Crippen molar-refractivity contribution >= 4 is 17.1 Å². The van der Waals surface area contributed by atoms with Crippen molar-refractivity contribution in [1.29, 1.82) is 0 Å². The van der Waals surface area contributed by atoms with Crippen molar-refractivity contribution in [1.82, 2.24) is 9.97 Å². The van der Waals surface area contributed by atoms with E-state index < -0.39 is 40.7 Å². The molecular weight excluding hydrogens is 402 g/mol. The monoisotopic (exact) mass is 423 g/mol. The van der Waals surface area contributed by atoms with Crippen LogP contribution in [0.15, 0.2) is 36.4 Å². The number of aromatic nitrogens is 2. The van der Waals surface area contributed by atoms with Crippen molar-refractivity contribution in [2.75, 3.05) is 0 Å². The van der Waals surface area contributed by atoms with E-state index in [1.807, 2.05) is 0 Å². The maximum atomic E-state index is 15.3. The lowest BCUT2D eigenvalue weighted by molar-refractivity contribution is -0.139. The van der Waals surface area contributed by atoms with Crippen molar-refractivity contribution < 1.29 is 27.1 Å². The molecule has 0 saturated heterocycles. The lowest BCUT2D eigenvalue weighted by atomic mass is 9.81. The second-order valence-electron chi connectivity index (χ2n) is 7.98. The molecule has 0 radical (unpaired) electrons. The summed E-state index contributed by atoms with van der Waals surface area (Å²) in [5.41, 5.74) is 3.77. The number of halogens is 4. The molecule has 9 heteroatoms. The standard InChI is InChI=1S/C21H21F4N3O2/c1-20(2,3)16-12(21(23,24)25)9-8-11(17(16)22)10-15(30-19(26)29)18-27-13-6-4-5-7-14(13)28-18/h4-9,15H,10H2,1-3H3,(H2,26,29)(H,27,28). The number of fused-ring (bicyclic) bond motifs is 1. The molecule has 0 aliphatic carbocycles. The highest BCUT2D eigenvalue weighted by molar-refractivity contribution is 5.75. The van der Waals surface area contributed by atoms with Gasteiger partial charge in [0.25, 0.3) is 0 Å². The van der Waals surface area contributed by atoms with Crippen LogP contribution in [-0.4, -0.2) is 16.1 Å². The van der Waals surface area contributed by atoms with Crippen LogP contribution in [0, 0.1) is 5.82 Å². The predicted octanol–water partition coefficient (Wildman–Crippen LogP) is 5.40. The molecule has 1 unspecified atom stereocenters.